The maximum Gasteiger partial charge on any atom is 0.133 e. The van der Waals surface area contributed by atoms with Crippen LogP contribution >= 0.6 is 11.6 Å². The Morgan fingerprint density at radius 3 is 2.33 bits per heavy atom. The van der Waals surface area contributed by atoms with E-state index in [-0.39, 0.29) is 5.41 Å². The van der Waals surface area contributed by atoms with Gasteiger partial charge in [0.1, 0.15) is 11.5 Å². The highest BCUT2D eigenvalue weighted by atomic mass is 35.5. The normalized spacial score (nSPS) is 11.5. The van der Waals surface area contributed by atoms with Crippen molar-refractivity contribution in [3.63, 3.8) is 0 Å². The van der Waals surface area contributed by atoms with Gasteiger partial charge in [-0.1, -0.05) is 50.6 Å². The molecule has 0 aromatic heterocycles. The average molecular weight is 304 g/mol. The van der Waals surface area contributed by atoms with Gasteiger partial charge in [0.25, 0.3) is 0 Å². The molecular formula is C18H22ClNO. The molecule has 0 bridgehead atoms. The van der Waals surface area contributed by atoms with Crippen LogP contribution in [-0.2, 0) is 12.0 Å². The van der Waals surface area contributed by atoms with Gasteiger partial charge in [0.05, 0.1) is 0 Å². The summed E-state index contributed by atoms with van der Waals surface area (Å²) < 4.78 is 6.02. The summed E-state index contributed by atoms with van der Waals surface area (Å²) >= 11 is 6.04. The Bertz CT molecular complexity index is 644. The smallest absolute Gasteiger partial charge is 0.133 e. The molecule has 0 saturated carbocycles. The van der Waals surface area contributed by atoms with E-state index in [1.807, 2.05) is 18.2 Å². The first-order chi connectivity index (χ1) is 9.81. The van der Waals surface area contributed by atoms with Crippen molar-refractivity contribution in [1.29, 1.82) is 0 Å². The summed E-state index contributed by atoms with van der Waals surface area (Å²) in [5, 5.41) is 0.645. The predicted octanol–water partition coefficient (Wildman–Crippen LogP) is 5.20. The van der Waals surface area contributed by atoms with Crippen LogP contribution in [-0.4, -0.2) is 0 Å². The first-order valence-corrected chi connectivity index (χ1v) is 7.46. The molecule has 0 unspecified atom stereocenters. The van der Waals surface area contributed by atoms with Crippen LogP contribution in [0.2, 0.25) is 5.02 Å². The summed E-state index contributed by atoms with van der Waals surface area (Å²) in [6.07, 6.45) is 0. The van der Waals surface area contributed by atoms with E-state index in [9.17, 15) is 0 Å². The standard InChI is InChI=1S/C18H22ClNO/c1-12-9-14(18(2,3)4)6-8-16(12)21-17-10-15(19)7-5-13(17)11-20/h5-10H,11,20H2,1-4H3. The third-order valence-electron chi connectivity index (χ3n) is 3.51. The molecule has 0 atom stereocenters. The first kappa shape index (κ1) is 15.9. The second kappa shape index (κ2) is 6.08. The Balaban J connectivity index is 2.34. The van der Waals surface area contributed by atoms with Gasteiger partial charge in [-0.3, -0.25) is 0 Å². The Morgan fingerprint density at radius 2 is 1.76 bits per heavy atom. The van der Waals surface area contributed by atoms with Crippen LogP contribution in [0.4, 0.5) is 0 Å². The molecule has 0 radical (unpaired) electrons. The summed E-state index contributed by atoms with van der Waals surface area (Å²) in [6, 6.07) is 11.8. The minimum absolute atomic E-state index is 0.127. The van der Waals surface area contributed by atoms with Gasteiger partial charge in [0.15, 0.2) is 0 Å². The van der Waals surface area contributed by atoms with E-state index in [1.165, 1.54) is 5.56 Å². The van der Waals surface area contributed by atoms with Crippen LogP contribution in [0.5, 0.6) is 11.5 Å². The van der Waals surface area contributed by atoms with Gasteiger partial charge < -0.3 is 10.5 Å². The highest BCUT2D eigenvalue weighted by molar-refractivity contribution is 6.30. The second-order valence-corrected chi connectivity index (χ2v) is 6.72. The monoisotopic (exact) mass is 303 g/mol. The number of ether oxygens (including phenoxy) is 1. The van der Waals surface area contributed by atoms with Gasteiger partial charge in [-0.05, 0) is 41.7 Å². The van der Waals surface area contributed by atoms with Crippen molar-refractivity contribution in [2.75, 3.05) is 0 Å². The summed E-state index contributed by atoms with van der Waals surface area (Å²) in [6.45, 7) is 9.08. The van der Waals surface area contributed by atoms with Gasteiger partial charge in [0.2, 0.25) is 0 Å². The number of nitrogens with two attached hydrogens (primary N) is 1. The number of aryl methyl sites for hydroxylation is 1. The van der Waals surface area contributed by atoms with Crippen LogP contribution < -0.4 is 10.5 Å². The van der Waals surface area contributed by atoms with Crippen LogP contribution in [0.3, 0.4) is 0 Å². The molecule has 112 valence electrons. The number of benzene rings is 2. The molecule has 2 rings (SSSR count). The van der Waals surface area contributed by atoms with Crippen molar-refractivity contribution in [2.24, 2.45) is 5.73 Å². The van der Waals surface area contributed by atoms with E-state index in [0.717, 1.165) is 22.6 Å². The minimum atomic E-state index is 0.127. The molecule has 0 fully saturated rings. The average Bonchev–Trinajstić information content (AvgIpc) is 2.40. The highest BCUT2D eigenvalue weighted by Crippen LogP contribution is 2.32. The minimum Gasteiger partial charge on any atom is -0.457 e. The quantitative estimate of drug-likeness (QED) is 0.846. The van der Waals surface area contributed by atoms with Crippen molar-refractivity contribution >= 4 is 11.6 Å². The fraction of sp³-hybridized carbons (Fsp3) is 0.333. The first-order valence-electron chi connectivity index (χ1n) is 7.09. The molecule has 0 saturated heterocycles. The topological polar surface area (TPSA) is 35.2 Å². The molecule has 0 amide bonds. The summed E-state index contributed by atoms with van der Waals surface area (Å²) in [5.41, 5.74) is 9.21. The zero-order valence-corrected chi connectivity index (χ0v) is 13.8. The highest BCUT2D eigenvalue weighted by Gasteiger charge is 2.15. The Labute approximate surface area is 131 Å². The SMILES string of the molecule is Cc1cc(C(C)(C)C)ccc1Oc1cc(Cl)ccc1CN. The van der Waals surface area contributed by atoms with Gasteiger partial charge in [-0.15, -0.1) is 0 Å². The van der Waals surface area contributed by atoms with Gasteiger partial charge in [0, 0.05) is 17.1 Å². The molecule has 0 aliphatic rings. The van der Waals surface area contributed by atoms with Crippen molar-refractivity contribution in [2.45, 2.75) is 39.7 Å². The van der Waals surface area contributed by atoms with Gasteiger partial charge in [-0.25, -0.2) is 0 Å². The van der Waals surface area contributed by atoms with Crippen LogP contribution in [0.1, 0.15) is 37.5 Å². The lowest BCUT2D eigenvalue weighted by molar-refractivity contribution is 0.471. The molecule has 21 heavy (non-hydrogen) atoms. The lowest BCUT2D eigenvalue weighted by atomic mass is 9.86. The maximum atomic E-state index is 6.04. The third kappa shape index (κ3) is 3.78. The molecule has 2 aromatic rings. The van der Waals surface area contributed by atoms with E-state index in [2.05, 4.69) is 39.8 Å². The number of hydrogen-bond donors (Lipinski definition) is 1. The zero-order chi connectivity index (χ0) is 15.6. The van der Waals surface area contributed by atoms with E-state index >= 15 is 0 Å². The van der Waals surface area contributed by atoms with Gasteiger partial charge >= 0.3 is 0 Å². The fourth-order valence-electron chi connectivity index (χ4n) is 2.14. The summed E-state index contributed by atoms with van der Waals surface area (Å²) in [4.78, 5) is 0. The van der Waals surface area contributed by atoms with Crippen molar-refractivity contribution in [1.82, 2.24) is 0 Å². The molecule has 0 spiro atoms. The molecular weight excluding hydrogens is 282 g/mol. The molecule has 3 heteroatoms. The molecule has 2 aromatic carbocycles. The zero-order valence-electron chi connectivity index (χ0n) is 13.0. The van der Waals surface area contributed by atoms with Crippen molar-refractivity contribution in [3.8, 4) is 11.5 Å². The maximum absolute atomic E-state index is 6.04. The molecule has 0 heterocycles. The largest absolute Gasteiger partial charge is 0.457 e. The predicted molar refractivity (Wildman–Crippen MR) is 89.3 cm³/mol. The second-order valence-electron chi connectivity index (χ2n) is 6.29. The molecule has 0 aliphatic heterocycles. The Morgan fingerprint density at radius 1 is 1.05 bits per heavy atom. The van der Waals surface area contributed by atoms with Crippen LogP contribution in [0.15, 0.2) is 36.4 Å². The van der Waals surface area contributed by atoms with Gasteiger partial charge in [-0.2, -0.15) is 0 Å². The fourth-order valence-corrected chi connectivity index (χ4v) is 2.30. The number of halogens is 1. The number of hydrogen-bond acceptors (Lipinski definition) is 2. The Kier molecular flexibility index (Phi) is 4.60. The van der Waals surface area contributed by atoms with Crippen molar-refractivity contribution in [3.05, 3.63) is 58.1 Å². The van der Waals surface area contributed by atoms with E-state index in [0.29, 0.717) is 11.6 Å². The molecule has 2 N–H and O–H groups in total. The lowest BCUT2D eigenvalue weighted by Crippen LogP contribution is -2.11. The van der Waals surface area contributed by atoms with Crippen LogP contribution in [0.25, 0.3) is 0 Å². The van der Waals surface area contributed by atoms with E-state index < -0.39 is 0 Å². The molecule has 0 aliphatic carbocycles. The van der Waals surface area contributed by atoms with Crippen LogP contribution in [0, 0.1) is 6.92 Å². The Hall–Kier alpha value is -1.51. The van der Waals surface area contributed by atoms with E-state index in [1.54, 1.807) is 6.07 Å². The molecule has 2 nitrogen and oxygen atoms in total. The van der Waals surface area contributed by atoms with Crippen molar-refractivity contribution < 1.29 is 4.74 Å². The number of rotatable bonds is 3. The van der Waals surface area contributed by atoms with E-state index in [4.69, 9.17) is 22.1 Å². The third-order valence-corrected chi connectivity index (χ3v) is 3.75. The summed E-state index contributed by atoms with van der Waals surface area (Å²) in [7, 11) is 0. The summed E-state index contributed by atoms with van der Waals surface area (Å²) in [5.74, 6) is 1.55. The lowest BCUT2D eigenvalue weighted by Gasteiger charge is -2.21.